The lowest BCUT2D eigenvalue weighted by atomic mass is 9.92. The van der Waals surface area contributed by atoms with Crippen molar-refractivity contribution in [2.45, 2.75) is 24.7 Å². The van der Waals surface area contributed by atoms with Gasteiger partial charge in [-0.05, 0) is 30.5 Å². The predicted octanol–water partition coefficient (Wildman–Crippen LogP) is 1.71. The monoisotopic (exact) mass is 248 g/mol. The summed E-state index contributed by atoms with van der Waals surface area (Å²) in [6.07, 6.45) is 1.89. The summed E-state index contributed by atoms with van der Waals surface area (Å²) in [5, 5.41) is 8.93. The summed E-state index contributed by atoms with van der Waals surface area (Å²) >= 11 is 0. The van der Waals surface area contributed by atoms with Crippen LogP contribution in [0.15, 0.2) is 24.3 Å². The van der Waals surface area contributed by atoms with Gasteiger partial charge in [0, 0.05) is 18.2 Å². The molecule has 0 saturated heterocycles. The van der Waals surface area contributed by atoms with Gasteiger partial charge in [0.05, 0.1) is 6.42 Å². The number of benzene rings is 1. The molecule has 96 valence electrons. The topological polar surface area (TPSA) is 83.6 Å². The molecule has 0 bridgehead atoms. The molecule has 1 aromatic rings. The van der Waals surface area contributed by atoms with E-state index in [0.717, 1.165) is 18.4 Å². The van der Waals surface area contributed by atoms with Gasteiger partial charge in [0.1, 0.15) is 0 Å². The average molecular weight is 248 g/mol. The third-order valence-electron chi connectivity index (χ3n) is 3.52. The van der Waals surface area contributed by atoms with Gasteiger partial charge >= 0.3 is 12.0 Å². The van der Waals surface area contributed by atoms with Gasteiger partial charge in [-0.1, -0.05) is 12.1 Å². The summed E-state index contributed by atoms with van der Waals surface area (Å²) in [4.78, 5) is 23.3. The molecule has 0 atom stereocenters. The van der Waals surface area contributed by atoms with E-state index in [-0.39, 0.29) is 11.8 Å². The Morgan fingerprint density at radius 2 is 2.11 bits per heavy atom. The standard InChI is InChI=1S/C13H16N2O3/c1-15(12(14)18)10-4-2-3-9(7-10)13(5-6-13)8-11(16)17/h2-4,7H,5-6,8H2,1H3,(H2,14,18)(H,16,17). The number of hydrogen-bond acceptors (Lipinski definition) is 2. The van der Waals surface area contributed by atoms with Gasteiger partial charge in [-0.2, -0.15) is 0 Å². The zero-order chi connectivity index (χ0) is 13.3. The van der Waals surface area contributed by atoms with E-state index >= 15 is 0 Å². The molecule has 2 rings (SSSR count). The van der Waals surface area contributed by atoms with Crippen molar-refractivity contribution in [3.63, 3.8) is 0 Å². The lowest BCUT2D eigenvalue weighted by molar-refractivity contribution is -0.137. The minimum absolute atomic E-state index is 0.136. The molecule has 0 aliphatic heterocycles. The first-order valence-electron chi connectivity index (χ1n) is 5.80. The van der Waals surface area contributed by atoms with E-state index in [0.29, 0.717) is 5.69 Å². The summed E-state index contributed by atoms with van der Waals surface area (Å²) in [6, 6.07) is 6.83. The second-order valence-electron chi connectivity index (χ2n) is 4.80. The molecule has 1 aliphatic carbocycles. The van der Waals surface area contributed by atoms with Crippen LogP contribution in [-0.2, 0) is 10.2 Å². The van der Waals surface area contributed by atoms with Crippen LogP contribution in [-0.4, -0.2) is 24.2 Å². The van der Waals surface area contributed by atoms with Crippen molar-refractivity contribution < 1.29 is 14.7 Å². The highest BCUT2D eigenvalue weighted by Gasteiger charge is 2.46. The van der Waals surface area contributed by atoms with Crippen molar-refractivity contribution in [3.8, 4) is 0 Å². The van der Waals surface area contributed by atoms with E-state index < -0.39 is 12.0 Å². The van der Waals surface area contributed by atoms with Gasteiger partial charge in [-0.15, -0.1) is 0 Å². The van der Waals surface area contributed by atoms with E-state index in [1.807, 2.05) is 18.2 Å². The summed E-state index contributed by atoms with van der Waals surface area (Å²) < 4.78 is 0. The zero-order valence-electron chi connectivity index (χ0n) is 10.2. The second kappa shape index (κ2) is 4.33. The summed E-state index contributed by atoms with van der Waals surface area (Å²) in [5.41, 5.74) is 6.63. The Labute approximate surface area is 105 Å². The summed E-state index contributed by atoms with van der Waals surface area (Å²) in [6.45, 7) is 0. The molecule has 5 heteroatoms. The molecule has 1 aromatic carbocycles. The Morgan fingerprint density at radius 1 is 1.44 bits per heavy atom. The van der Waals surface area contributed by atoms with Crippen LogP contribution in [0.4, 0.5) is 10.5 Å². The van der Waals surface area contributed by atoms with Crippen molar-refractivity contribution >= 4 is 17.7 Å². The molecule has 5 nitrogen and oxygen atoms in total. The number of primary amides is 1. The Morgan fingerprint density at radius 3 is 2.61 bits per heavy atom. The van der Waals surface area contributed by atoms with E-state index in [2.05, 4.69) is 0 Å². The number of hydrogen-bond donors (Lipinski definition) is 2. The maximum absolute atomic E-state index is 11.1. The number of carbonyl (C=O) groups is 2. The molecule has 18 heavy (non-hydrogen) atoms. The van der Waals surface area contributed by atoms with Crippen LogP contribution in [0, 0.1) is 0 Å². The van der Waals surface area contributed by atoms with E-state index in [4.69, 9.17) is 10.8 Å². The van der Waals surface area contributed by atoms with Gasteiger partial charge in [-0.3, -0.25) is 9.69 Å². The van der Waals surface area contributed by atoms with Crippen LogP contribution in [0.25, 0.3) is 0 Å². The first kappa shape index (κ1) is 12.4. The number of anilines is 1. The number of aliphatic carboxylic acids is 1. The average Bonchev–Trinajstić information content (AvgIpc) is 3.08. The van der Waals surface area contributed by atoms with E-state index in [1.54, 1.807) is 13.1 Å². The minimum atomic E-state index is -0.791. The maximum Gasteiger partial charge on any atom is 0.318 e. The highest BCUT2D eigenvalue weighted by atomic mass is 16.4. The van der Waals surface area contributed by atoms with Crippen LogP contribution < -0.4 is 10.6 Å². The van der Waals surface area contributed by atoms with Gasteiger partial charge in [0.15, 0.2) is 0 Å². The number of nitrogens with two attached hydrogens (primary N) is 1. The summed E-state index contributed by atoms with van der Waals surface area (Å²) in [5.74, 6) is -0.791. The van der Waals surface area contributed by atoms with Gasteiger partial charge < -0.3 is 10.8 Å². The first-order chi connectivity index (χ1) is 8.44. The van der Waals surface area contributed by atoms with Crippen molar-refractivity contribution in [1.29, 1.82) is 0 Å². The van der Waals surface area contributed by atoms with Crippen LogP contribution in [0.1, 0.15) is 24.8 Å². The molecule has 3 N–H and O–H groups in total. The highest BCUT2D eigenvalue weighted by molar-refractivity contribution is 5.90. The number of carboxylic acid groups (broad SMARTS) is 1. The predicted molar refractivity (Wildman–Crippen MR) is 67.6 cm³/mol. The molecule has 2 amide bonds. The quantitative estimate of drug-likeness (QED) is 0.850. The SMILES string of the molecule is CN(C(N)=O)c1cccc(C2(CC(=O)O)CC2)c1. The molecule has 0 heterocycles. The number of rotatable bonds is 4. The van der Waals surface area contributed by atoms with Crippen molar-refractivity contribution in [1.82, 2.24) is 0 Å². The molecular weight excluding hydrogens is 232 g/mol. The van der Waals surface area contributed by atoms with Crippen molar-refractivity contribution in [2.24, 2.45) is 5.73 Å². The van der Waals surface area contributed by atoms with E-state index in [1.165, 1.54) is 4.90 Å². The third kappa shape index (κ3) is 2.30. The molecule has 0 radical (unpaired) electrons. The summed E-state index contributed by atoms with van der Waals surface area (Å²) in [7, 11) is 1.60. The third-order valence-corrected chi connectivity index (χ3v) is 3.52. The van der Waals surface area contributed by atoms with Crippen molar-refractivity contribution in [3.05, 3.63) is 29.8 Å². The fraction of sp³-hybridized carbons (Fsp3) is 0.385. The molecule has 0 aromatic heterocycles. The van der Waals surface area contributed by atoms with Crippen LogP contribution in [0.3, 0.4) is 0 Å². The maximum atomic E-state index is 11.1. The molecule has 0 spiro atoms. The zero-order valence-corrected chi connectivity index (χ0v) is 10.2. The molecule has 1 saturated carbocycles. The lowest BCUT2D eigenvalue weighted by Crippen LogP contribution is -2.31. The van der Waals surface area contributed by atoms with Gasteiger partial charge in [0.25, 0.3) is 0 Å². The molecule has 1 fully saturated rings. The normalized spacial score (nSPS) is 16.1. The first-order valence-corrected chi connectivity index (χ1v) is 5.80. The van der Waals surface area contributed by atoms with Crippen molar-refractivity contribution in [2.75, 3.05) is 11.9 Å². The van der Waals surface area contributed by atoms with Gasteiger partial charge in [-0.25, -0.2) is 4.79 Å². The Bertz CT molecular complexity index is 495. The lowest BCUT2D eigenvalue weighted by Gasteiger charge is -2.18. The number of nitrogens with zero attached hydrogens (tertiary/aromatic N) is 1. The molecule has 0 unspecified atom stereocenters. The number of amides is 2. The number of urea groups is 1. The Hall–Kier alpha value is -2.04. The Balaban J connectivity index is 2.28. The van der Waals surface area contributed by atoms with E-state index in [9.17, 15) is 9.59 Å². The van der Waals surface area contributed by atoms with Crippen LogP contribution in [0.2, 0.25) is 0 Å². The van der Waals surface area contributed by atoms with Crippen LogP contribution in [0.5, 0.6) is 0 Å². The Kier molecular flexibility index (Phi) is 2.98. The highest BCUT2D eigenvalue weighted by Crippen LogP contribution is 2.51. The molecule has 1 aliphatic rings. The fourth-order valence-electron chi connectivity index (χ4n) is 2.18. The number of carboxylic acids is 1. The van der Waals surface area contributed by atoms with Crippen LogP contribution >= 0.6 is 0 Å². The molecular formula is C13H16N2O3. The largest absolute Gasteiger partial charge is 0.481 e. The smallest absolute Gasteiger partial charge is 0.318 e. The number of carbonyl (C=O) groups excluding carboxylic acids is 1. The second-order valence-corrected chi connectivity index (χ2v) is 4.80. The van der Waals surface area contributed by atoms with Gasteiger partial charge in [0.2, 0.25) is 0 Å². The minimum Gasteiger partial charge on any atom is -0.481 e. The fourth-order valence-corrected chi connectivity index (χ4v) is 2.18.